The Morgan fingerprint density at radius 1 is 1.32 bits per heavy atom. The molecule has 0 saturated carbocycles. The van der Waals surface area contributed by atoms with E-state index in [1.54, 1.807) is 0 Å². The minimum absolute atomic E-state index is 0.0146. The summed E-state index contributed by atoms with van der Waals surface area (Å²) in [5, 5.41) is 5.20. The molecule has 122 valence electrons. The lowest BCUT2D eigenvalue weighted by molar-refractivity contribution is -0.137. The molecule has 0 aliphatic carbocycles. The highest BCUT2D eigenvalue weighted by Gasteiger charge is 2.31. The van der Waals surface area contributed by atoms with Gasteiger partial charge in [0.15, 0.2) is 0 Å². The topological polar surface area (TPSA) is 44.4 Å². The van der Waals surface area contributed by atoms with Crippen LogP contribution in [0.15, 0.2) is 18.2 Å². The lowest BCUT2D eigenvalue weighted by Crippen LogP contribution is -2.44. The average Bonchev–Trinajstić information content (AvgIpc) is 2.42. The van der Waals surface area contributed by atoms with Gasteiger partial charge in [-0.2, -0.15) is 13.2 Å². The second-order valence-electron chi connectivity index (χ2n) is 5.37. The van der Waals surface area contributed by atoms with Gasteiger partial charge in [0.1, 0.15) is 0 Å². The molecule has 1 aromatic carbocycles. The largest absolute Gasteiger partial charge is 0.416 e. The number of amides is 2. The molecule has 1 aromatic rings. The van der Waals surface area contributed by atoms with Crippen molar-refractivity contribution in [1.82, 2.24) is 10.2 Å². The summed E-state index contributed by atoms with van der Waals surface area (Å²) < 4.78 is 38.0. The molecule has 0 bridgehead atoms. The third-order valence-corrected chi connectivity index (χ3v) is 3.93. The summed E-state index contributed by atoms with van der Waals surface area (Å²) in [5.41, 5.74) is -0.909. The van der Waals surface area contributed by atoms with E-state index in [4.69, 9.17) is 11.6 Å². The van der Waals surface area contributed by atoms with Crippen LogP contribution in [-0.4, -0.2) is 37.1 Å². The van der Waals surface area contributed by atoms with E-state index in [0.717, 1.165) is 44.1 Å². The predicted molar refractivity (Wildman–Crippen MR) is 79.1 cm³/mol. The molecular formula is C14H17ClF3N3O. The number of urea groups is 1. The molecule has 1 aliphatic heterocycles. The van der Waals surface area contributed by atoms with Gasteiger partial charge < -0.3 is 15.5 Å². The second-order valence-corrected chi connectivity index (χ2v) is 5.78. The number of alkyl halides is 3. The zero-order chi connectivity index (χ0) is 16.3. The molecule has 0 spiro atoms. The number of anilines is 1. The van der Waals surface area contributed by atoms with Crippen molar-refractivity contribution in [2.75, 3.05) is 25.5 Å². The summed E-state index contributed by atoms with van der Waals surface area (Å²) in [7, 11) is 2.00. The summed E-state index contributed by atoms with van der Waals surface area (Å²) in [5.74, 6) is 0. The Morgan fingerprint density at radius 3 is 2.55 bits per heavy atom. The number of carbonyl (C=O) groups excluding carboxylic acids is 1. The number of piperidine rings is 1. The van der Waals surface area contributed by atoms with E-state index in [0.29, 0.717) is 0 Å². The van der Waals surface area contributed by atoms with Crippen LogP contribution < -0.4 is 10.6 Å². The molecule has 8 heteroatoms. The van der Waals surface area contributed by atoms with Crippen molar-refractivity contribution in [3.63, 3.8) is 0 Å². The standard InChI is InChI=1S/C14H17ClF3N3O/c1-21-6-4-10(5-7-21)19-13(22)20-12-8-9(14(16,17)18)2-3-11(12)15/h2-3,8,10H,4-7H2,1H3,(H2,19,20,22). The lowest BCUT2D eigenvalue weighted by Gasteiger charge is -2.29. The van der Waals surface area contributed by atoms with E-state index in [-0.39, 0.29) is 16.8 Å². The smallest absolute Gasteiger partial charge is 0.335 e. The summed E-state index contributed by atoms with van der Waals surface area (Å²) >= 11 is 5.84. The molecule has 0 radical (unpaired) electrons. The third-order valence-electron chi connectivity index (χ3n) is 3.60. The van der Waals surface area contributed by atoms with Crippen molar-refractivity contribution in [1.29, 1.82) is 0 Å². The van der Waals surface area contributed by atoms with Gasteiger partial charge in [-0.1, -0.05) is 11.6 Å². The van der Waals surface area contributed by atoms with Gasteiger partial charge in [0, 0.05) is 6.04 Å². The van der Waals surface area contributed by atoms with Gasteiger partial charge >= 0.3 is 12.2 Å². The van der Waals surface area contributed by atoms with Crippen molar-refractivity contribution in [3.8, 4) is 0 Å². The molecule has 1 aliphatic rings. The number of nitrogens with zero attached hydrogens (tertiary/aromatic N) is 1. The number of nitrogens with one attached hydrogen (secondary N) is 2. The number of likely N-dealkylation sites (tertiary alicyclic amines) is 1. The normalized spacial score (nSPS) is 17.3. The maximum Gasteiger partial charge on any atom is 0.416 e. The van der Waals surface area contributed by atoms with Gasteiger partial charge in [-0.05, 0) is 51.2 Å². The Hall–Kier alpha value is -1.47. The Balaban J connectivity index is 1.99. The minimum atomic E-state index is -4.48. The molecule has 2 amide bonds. The molecule has 0 unspecified atom stereocenters. The van der Waals surface area contributed by atoms with Crippen LogP contribution in [0.1, 0.15) is 18.4 Å². The average molecular weight is 336 g/mol. The highest BCUT2D eigenvalue weighted by molar-refractivity contribution is 6.33. The Kier molecular flexibility index (Phi) is 5.18. The Labute approximate surface area is 131 Å². The van der Waals surface area contributed by atoms with Crippen LogP contribution in [-0.2, 0) is 6.18 Å². The molecule has 1 fully saturated rings. The van der Waals surface area contributed by atoms with Crippen molar-refractivity contribution >= 4 is 23.3 Å². The fraction of sp³-hybridized carbons (Fsp3) is 0.500. The summed E-state index contributed by atoms with van der Waals surface area (Å²) in [6, 6.07) is 2.30. The van der Waals surface area contributed by atoms with Crippen LogP contribution in [0.2, 0.25) is 5.02 Å². The number of hydrogen-bond acceptors (Lipinski definition) is 2. The first kappa shape index (κ1) is 16.9. The fourth-order valence-electron chi connectivity index (χ4n) is 2.29. The molecule has 0 aromatic heterocycles. The van der Waals surface area contributed by atoms with Crippen molar-refractivity contribution in [2.45, 2.75) is 25.1 Å². The molecule has 1 saturated heterocycles. The van der Waals surface area contributed by atoms with Crippen molar-refractivity contribution in [3.05, 3.63) is 28.8 Å². The summed E-state index contributed by atoms with van der Waals surface area (Å²) in [6.45, 7) is 1.74. The zero-order valence-electron chi connectivity index (χ0n) is 12.0. The fourth-order valence-corrected chi connectivity index (χ4v) is 2.46. The third kappa shape index (κ3) is 4.51. The lowest BCUT2D eigenvalue weighted by atomic mass is 10.1. The van der Waals surface area contributed by atoms with E-state index in [9.17, 15) is 18.0 Å². The van der Waals surface area contributed by atoms with Crippen LogP contribution in [0.4, 0.5) is 23.7 Å². The van der Waals surface area contributed by atoms with Gasteiger partial charge in [-0.25, -0.2) is 4.79 Å². The zero-order valence-corrected chi connectivity index (χ0v) is 12.8. The van der Waals surface area contributed by atoms with E-state index >= 15 is 0 Å². The van der Waals surface area contributed by atoms with Gasteiger partial charge in [0.25, 0.3) is 0 Å². The van der Waals surface area contributed by atoms with E-state index in [2.05, 4.69) is 15.5 Å². The van der Waals surface area contributed by atoms with E-state index in [1.165, 1.54) is 0 Å². The van der Waals surface area contributed by atoms with Gasteiger partial charge in [0.2, 0.25) is 0 Å². The first-order chi connectivity index (χ1) is 10.3. The van der Waals surface area contributed by atoms with Crippen molar-refractivity contribution < 1.29 is 18.0 Å². The molecular weight excluding hydrogens is 319 g/mol. The van der Waals surface area contributed by atoms with Crippen LogP contribution in [0.3, 0.4) is 0 Å². The maximum absolute atomic E-state index is 12.7. The molecule has 22 heavy (non-hydrogen) atoms. The number of rotatable bonds is 2. The van der Waals surface area contributed by atoms with Crippen LogP contribution >= 0.6 is 11.6 Å². The first-order valence-corrected chi connectivity index (χ1v) is 7.26. The summed E-state index contributed by atoms with van der Waals surface area (Å²) in [4.78, 5) is 14.1. The second kappa shape index (κ2) is 6.75. The maximum atomic E-state index is 12.7. The van der Waals surface area contributed by atoms with Crippen molar-refractivity contribution in [2.24, 2.45) is 0 Å². The SMILES string of the molecule is CN1CCC(NC(=O)Nc2cc(C(F)(F)F)ccc2Cl)CC1. The van der Waals surface area contributed by atoms with Crippen LogP contribution in [0.5, 0.6) is 0 Å². The van der Waals surface area contributed by atoms with Gasteiger partial charge in [-0.3, -0.25) is 0 Å². The molecule has 2 N–H and O–H groups in total. The molecule has 1 heterocycles. The predicted octanol–water partition coefficient (Wildman–Crippen LogP) is 3.57. The number of halogens is 4. The Bertz CT molecular complexity index is 543. The number of hydrogen-bond donors (Lipinski definition) is 2. The Morgan fingerprint density at radius 2 is 1.95 bits per heavy atom. The molecule has 0 atom stereocenters. The highest BCUT2D eigenvalue weighted by Crippen LogP contribution is 2.33. The van der Waals surface area contributed by atoms with E-state index < -0.39 is 17.8 Å². The summed E-state index contributed by atoms with van der Waals surface area (Å²) in [6.07, 6.45) is -2.87. The van der Waals surface area contributed by atoms with E-state index in [1.807, 2.05) is 7.05 Å². The van der Waals surface area contributed by atoms with Crippen LogP contribution in [0.25, 0.3) is 0 Å². The molecule has 2 rings (SSSR count). The molecule has 4 nitrogen and oxygen atoms in total. The van der Waals surface area contributed by atoms with Gasteiger partial charge in [-0.15, -0.1) is 0 Å². The monoisotopic (exact) mass is 335 g/mol. The number of carbonyl (C=O) groups is 1. The van der Waals surface area contributed by atoms with Crippen LogP contribution in [0, 0.1) is 0 Å². The quantitative estimate of drug-likeness (QED) is 0.867. The first-order valence-electron chi connectivity index (χ1n) is 6.88. The highest BCUT2D eigenvalue weighted by atomic mass is 35.5. The van der Waals surface area contributed by atoms with Gasteiger partial charge in [0.05, 0.1) is 16.3 Å². The minimum Gasteiger partial charge on any atom is -0.335 e. The number of benzene rings is 1.